The van der Waals surface area contributed by atoms with Gasteiger partial charge in [-0.2, -0.15) is 26.3 Å². The fourth-order valence-electron chi connectivity index (χ4n) is 4.38. The summed E-state index contributed by atoms with van der Waals surface area (Å²) in [6, 6.07) is 16.6. The van der Waals surface area contributed by atoms with Crippen LogP contribution in [0.2, 0.25) is 0 Å². The van der Waals surface area contributed by atoms with Crippen molar-refractivity contribution in [3.63, 3.8) is 0 Å². The summed E-state index contributed by atoms with van der Waals surface area (Å²) in [7, 11) is 0. The van der Waals surface area contributed by atoms with Crippen LogP contribution in [-0.2, 0) is 12.4 Å². The molecule has 0 aromatic heterocycles. The largest absolute Gasteiger partial charge is 0.416 e. The summed E-state index contributed by atoms with van der Waals surface area (Å²) in [5.74, 6) is -3.52. The summed E-state index contributed by atoms with van der Waals surface area (Å²) in [6.45, 7) is 0. The van der Waals surface area contributed by atoms with Crippen molar-refractivity contribution in [2.45, 2.75) is 12.4 Å². The zero-order valence-electron chi connectivity index (χ0n) is 21.5. The molecule has 0 fully saturated rings. The van der Waals surface area contributed by atoms with Crippen molar-refractivity contribution in [3.8, 4) is 0 Å². The summed E-state index contributed by atoms with van der Waals surface area (Å²) < 4.78 is 79.0. The Kier molecular flexibility index (Phi) is 7.26. The van der Waals surface area contributed by atoms with Crippen LogP contribution in [-0.4, -0.2) is 23.6 Å². The molecule has 0 saturated heterocycles. The maximum absolute atomic E-state index is 13.2. The number of amides is 4. The number of carbonyl (C=O) groups is 4. The molecular weight excluding hydrogens is 580 g/mol. The Morgan fingerprint density at radius 2 is 0.977 bits per heavy atom. The lowest BCUT2D eigenvalue weighted by molar-refractivity contribution is -0.138. The van der Waals surface area contributed by atoms with Crippen LogP contribution in [0.4, 0.5) is 43.4 Å². The third-order valence-electron chi connectivity index (χ3n) is 6.39. The first-order chi connectivity index (χ1) is 20.2. The van der Waals surface area contributed by atoms with Crippen LogP contribution in [0.5, 0.6) is 0 Å². The van der Waals surface area contributed by atoms with Crippen LogP contribution >= 0.6 is 0 Å². The van der Waals surface area contributed by atoms with Crippen LogP contribution in [0.3, 0.4) is 0 Å². The van der Waals surface area contributed by atoms with Crippen molar-refractivity contribution in [1.82, 2.24) is 0 Å². The average Bonchev–Trinajstić information content (AvgIpc) is 3.21. The van der Waals surface area contributed by atoms with Gasteiger partial charge in [0.05, 0.1) is 27.9 Å². The van der Waals surface area contributed by atoms with Crippen molar-refractivity contribution in [3.05, 3.63) is 124 Å². The number of rotatable bonds is 5. The summed E-state index contributed by atoms with van der Waals surface area (Å²) in [5.41, 5.74) is -3.32. The van der Waals surface area contributed by atoms with Crippen LogP contribution < -0.4 is 15.5 Å². The van der Waals surface area contributed by atoms with E-state index in [1.54, 1.807) is 0 Å². The van der Waals surface area contributed by atoms with Gasteiger partial charge in [-0.25, -0.2) is 4.90 Å². The molecule has 1 aliphatic rings. The standard InChI is InChI=1S/C30H17F6N3O4/c31-29(32,33)18-5-3-7-20(14-18)37-25(40)16-11-17(26(41)38-21-8-4-6-19(15-21)30(34,35)36)13-22(12-16)39-27(42)23-9-1-2-10-24(23)28(39)43/h1-15H,(H,37,40)(H,38,41). The molecule has 218 valence electrons. The highest BCUT2D eigenvalue weighted by Crippen LogP contribution is 2.33. The van der Waals surface area contributed by atoms with E-state index in [-0.39, 0.29) is 39.3 Å². The molecule has 43 heavy (non-hydrogen) atoms. The number of imide groups is 1. The Bertz CT molecular complexity index is 1670. The van der Waals surface area contributed by atoms with E-state index in [0.717, 1.165) is 42.5 Å². The fraction of sp³-hybridized carbons (Fsp3) is 0.0667. The molecule has 0 bridgehead atoms. The second-order valence-electron chi connectivity index (χ2n) is 9.33. The topological polar surface area (TPSA) is 95.6 Å². The first-order valence-electron chi connectivity index (χ1n) is 12.3. The van der Waals surface area contributed by atoms with Gasteiger partial charge in [0.2, 0.25) is 0 Å². The van der Waals surface area contributed by atoms with Gasteiger partial charge < -0.3 is 10.6 Å². The van der Waals surface area contributed by atoms with Gasteiger partial charge in [0.25, 0.3) is 23.6 Å². The number of hydrogen-bond donors (Lipinski definition) is 2. The molecule has 0 saturated carbocycles. The van der Waals surface area contributed by atoms with E-state index in [9.17, 15) is 45.5 Å². The van der Waals surface area contributed by atoms with Gasteiger partial charge in [-0.15, -0.1) is 0 Å². The molecule has 7 nitrogen and oxygen atoms in total. The highest BCUT2D eigenvalue weighted by Gasteiger charge is 2.37. The third kappa shape index (κ3) is 5.96. The maximum atomic E-state index is 13.2. The Balaban J connectivity index is 1.53. The lowest BCUT2D eigenvalue weighted by Crippen LogP contribution is -2.30. The minimum absolute atomic E-state index is 0.0567. The van der Waals surface area contributed by atoms with E-state index < -0.39 is 47.1 Å². The zero-order valence-corrected chi connectivity index (χ0v) is 21.5. The molecule has 1 heterocycles. The summed E-state index contributed by atoms with van der Waals surface area (Å²) >= 11 is 0. The Hall–Kier alpha value is -5.46. The molecule has 5 rings (SSSR count). The van der Waals surface area contributed by atoms with Gasteiger partial charge in [0.1, 0.15) is 0 Å². The van der Waals surface area contributed by atoms with Crippen molar-refractivity contribution < 1.29 is 45.5 Å². The summed E-state index contributed by atoms with van der Waals surface area (Å²) in [5, 5.41) is 4.57. The van der Waals surface area contributed by atoms with Crippen molar-refractivity contribution in [1.29, 1.82) is 0 Å². The number of benzene rings is 4. The number of nitrogens with one attached hydrogen (secondary N) is 2. The monoisotopic (exact) mass is 597 g/mol. The number of nitrogens with zero attached hydrogens (tertiary/aromatic N) is 1. The molecule has 4 aromatic rings. The molecule has 4 amide bonds. The van der Waals surface area contributed by atoms with E-state index in [4.69, 9.17) is 0 Å². The molecule has 0 radical (unpaired) electrons. The number of alkyl halides is 6. The lowest BCUT2D eigenvalue weighted by Gasteiger charge is -2.17. The van der Waals surface area contributed by atoms with Crippen molar-refractivity contribution >= 4 is 40.7 Å². The molecule has 0 atom stereocenters. The molecule has 2 N–H and O–H groups in total. The van der Waals surface area contributed by atoms with Crippen molar-refractivity contribution in [2.24, 2.45) is 0 Å². The van der Waals surface area contributed by atoms with E-state index in [1.807, 2.05) is 0 Å². The van der Waals surface area contributed by atoms with Gasteiger partial charge in [0, 0.05) is 22.5 Å². The van der Waals surface area contributed by atoms with E-state index in [2.05, 4.69) is 10.6 Å². The summed E-state index contributed by atoms with van der Waals surface area (Å²) in [6.07, 6.45) is -9.39. The van der Waals surface area contributed by atoms with Gasteiger partial charge in [-0.3, -0.25) is 19.2 Å². The van der Waals surface area contributed by atoms with Crippen LogP contribution in [0.1, 0.15) is 52.6 Å². The Labute approximate surface area is 238 Å². The van der Waals surface area contributed by atoms with E-state index in [1.165, 1.54) is 36.4 Å². The zero-order chi connectivity index (χ0) is 31.1. The highest BCUT2D eigenvalue weighted by atomic mass is 19.4. The van der Waals surface area contributed by atoms with Gasteiger partial charge in [-0.1, -0.05) is 24.3 Å². The predicted octanol–water partition coefficient (Wildman–Crippen LogP) is 7.03. The highest BCUT2D eigenvalue weighted by molar-refractivity contribution is 6.34. The molecule has 1 aliphatic heterocycles. The van der Waals surface area contributed by atoms with Crippen LogP contribution in [0.15, 0.2) is 91.0 Å². The smallest absolute Gasteiger partial charge is 0.322 e. The minimum atomic E-state index is -4.69. The minimum Gasteiger partial charge on any atom is -0.322 e. The molecule has 4 aromatic carbocycles. The number of hydrogen-bond acceptors (Lipinski definition) is 4. The van der Waals surface area contributed by atoms with E-state index >= 15 is 0 Å². The molecule has 0 unspecified atom stereocenters. The number of carbonyl (C=O) groups excluding carboxylic acids is 4. The van der Waals surface area contributed by atoms with Crippen molar-refractivity contribution in [2.75, 3.05) is 15.5 Å². The first kappa shape index (κ1) is 29.0. The number of anilines is 3. The lowest BCUT2D eigenvalue weighted by atomic mass is 10.1. The number of halogens is 6. The number of fused-ring (bicyclic) bond motifs is 1. The first-order valence-corrected chi connectivity index (χ1v) is 12.3. The second kappa shape index (κ2) is 10.7. The molecule has 0 spiro atoms. The predicted molar refractivity (Wildman–Crippen MR) is 143 cm³/mol. The van der Waals surface area contributed by atoms with Gasteiger partial charge in [0.15, 0.2) is 0 Å². The van der Waals surface area contributed by atoms with Crippen LogP contribution in [0, 0.1) is 0 Å². The molecule has 0 aliphatic carbocycles. The molecule has 13 heteroatoms. The van der Waals surface area contributed by atoms with Gasteiger partial charge >= 0.3 is 12.4 Å². The Morgan fingerprint density at radius 1 is 0.558 bits per heavy atom. The second-order valence-corrected chi connectivity index (χ2v) is 9.33. The van der Waals surface area contributed by atoms with Crippen LogP contribution in [0.25, 0.3) is 0 Å². The average molecular weight is 597 g/mol. The maximum Gasteiger partial charge on any atom is 0.416 e. The third-order valence-corrected chi connectivity index (χ3v) is 6.39. The van der Waals surface area contributed by atoms with E-state index in [0.29, 0.717) is 17.0 Å². The fourth-order valence-corrected chi connectivity index (χ4v) is 4.38. The van der Waals surface area contributed by atoms with Gasteiger partial charge in [-0.05, 0) is 66.7 Å². The summed E-state index contributed by atoms with van der Waals surface area (Å²) in [4.78, 5) is 53.3. The normalized spacial score (nSPS) is 13.1. The Morgan fingerprint density at radius 3 is 1.37 bits per heavy atom. The SMILES string of the molecule is O=C(Nc1cccc(C(F)(F)F)c1)c1cc(C(=O)Nc2cccc(C(F)(F)F)c2)cc(N2C(=O)c3ccccc3C2=O)c1. The quantitative estimate of drug-likeness (QED) is 0.191. The molecular formula is C30H17F6N3O4.